The molecule has 2 amide bonds. The minimum absolute atomic E-state index is 0.153. The molecular weight excluding hydrogens is 470 g/mol. The second kappa shape index (κ2) is 12.3. The van der Waals surface area contributed by atoms with Crippen molar-refractivity contribution >= 4 is 40.5 Å². The third-order valence-electron chi connectivity index (χ3n) is 5.29. The Morgan fingerprint density at radius 3 is 1.94 bits per heavy atom. The van der Waals surface area contributed by atoms with E-state index >= 15 is 0 Å². The summed E-state index contributed by atoms with van der Waals surface area (Å²) >= 11 is 5.32. The molecule has 6 nitrogen and oxygen atoms in total. The highest BCUT2D eigenvalue weighted by Gasteiger charge is 2.14. The van der Waals surface area contributed by atoms with Gasteiger partial charge in [-0.15, -0.1) is 0 Å². The average Bonchev–Trinajstić information content (AvgIpc) is 2.91. The van der Waals surface area contributed by atoms with Crippen LogP contribution in [0.2, 0.25) is 0 Å². The number of ether oxygens (including phenoxy) is 1. The second-order valence-corrected chi connectivity index (χ2v) is 8.29. The Balaban J connectivity index is 1.29. The summed E-state index contributed by atoms with van der Waals surface area (Å²) in [6.45, 7) is 0.449. The van der Waals surface area contributed by atoms with E-state index in [0.717, 1.165) is 12.0 Å². The van der Waals surface area contributed by atoms with Crippen molar-refractivity contribution in [2.75, 3.05) is 17.2 Å². The van der Waals surface area contributed by atoms with E-state index in [2.05, 4.69) is 16.0 Å². The van der Waals surface area contributed by atoms with Crippen molar-refractivity contribution in [3.05, 3.63) is 126 Å². The fraction of sp³-hybridized carbons (Fsp3) is 0.0690. The highest BCUT2D eigenvalue weighted by Crippen LogP contribution is 2.19. The maximum atomic E-state index is 12.8. The average molecular weight is 496 g/mol. The molecule has 0 spiro atoms. The maximum Gasteiger partial charge on any atom is 0.261 e. The van der Waals surface area contributed by atoms with Gasteiger partial charge in [-0.25, -0.2) is 0 Å². The molecular formula is C29H25N3O3S. The number of hydrogen-bond acceptors (Lipinski definition) is 4. The van der Waals surface area contributed by atoms with E-state index in [4.69, 9.17) is 17.0 Å². The number of carbonyl (C=O) groups excluding carboxylic acids is 2. The smallest absolute Gasteiger partial charge is 0.261 e. The van der Waals surface area contributed by atoms with Gasteiger partial charge in [-0.3, -0.25) is 14.9 Å². The summed E-state index contributed by atoms with van der Waals surface area (Å²) < 4.78 is 5.88. The Bertz CT molecular complexity index is 1330. The summed E-state index contributed by atoms with van der Waals surface area (Å²) in [5, 5.41) is 8.67. The molecule has 0 radical (unpaired) electrons. The molecule has 0 fully saturated rings. The van der Waals surface area contributed by atoms with Gasteiger partial charge in [-0.05, 0) is 66.3 Å². The van der Waals surface area contributed by atoms with Gasteiger partial charge >= 0.3 is 0 Å². The summed E-state index contributed by atoms with van der Waals surface area (Å²) in [6, 6.07) is 33.1. The van der Waals surface area contributed by atoms with Crippen molar-refractivity contribution in [3.63, 3.8) is 0 Å². The predicted octanol–water partition coefficient (Wildman–Crippen LogP) is 5.69. The van der Waals surface area contributed by atoms with E-state index in [1.165, 1.54) is 0 Å². The van der Waals surface area contributed by atoms with Crippen LogP contribution in [0.15, 0.2) is 109 Å². The molecule has 0 aliphatic heterocycles. The minimum Gasteiger partial charge on any atom is -0.492 e. The topological polar surface area (TPSA) is 79.5 Å². The first-order valence-corrected chi connectivity index (χ1v) is 11.8. The molecule has 0 aliphatic rings. The van der Waals surface area contributed by atoms with E-state index < -0.39 is 0 Å². The molecule has 0 aliphatic carbocycles. The van der Waals surface area contributed by atoms with Crippen LogP contribution in [0.5, 0.6) is 5.75 Å². The first-order chi connectivity index (χ1) is 17.6. The number of hydrogen-bond donors (Lipinski definition) is 3. The van der Waals surface area contributed by atoms with Crippen molar-refractivity contribution in [1.29, 1.82) is 0 Å². The SMILES string of the molecule is O=C(Nc1ccc(NC(=S)NC(=O)c2ccccc2OCCc2ccccc2)cc1)c1ccccc1. The molecule has 0 saturated heterocycles. The van der Waals surface area contributed by atoms with E-state index in [1.807, 2.05) is 54.6 Å². The molecule has 0 unspecified atom stereocenters. The van der Waals surface area contributed by atoms with Gasteiger partial charge in [0.15, 0.2) is 5.11 Å². The molecule has 3 N–H and O–H groups in total. The van der Waals surface area contributed by atoms with E-state index in [-0.39, 0.29) is 16.9 Å². The van der Waals surface area contributed by atoms with Crippen LogP contribution in [0.3, 0.4) is 0 Å². The Morgan fingerprint density at radius 1 is 0.667 bits per heavy atom. The normalized spacial score (nSPS) is 10.2. The van der Waals surface area contributed by atoms with E-state index in [0.29, 0.717) is 34.9 Å². The molecule has 7 heteroatoms. The molecule has 0 bridgehead atoms. The number of rotatable bonds is 8. The number of anilines is 2. The molecule has 180 valence electrons. The van der Waals surface area contributed by atoms with Crippen LogP contribution in [-0.4, -0.2) is 23.5 Å². The standard InChI is InChI=1S/C29H25N3O3S/c33-27(22-11-5-2-6-12-22)30-23-15-17-24(18-16-23)31-29(36)32-28(34)25-13-7-8-14-26(25)35-20-19-21-9-3-1-4-10-21/h1-18H,19-20H2,(H,30,33)(H2,31,32,34,36). The van der Waals surface area contributed by atoms with Crippen molar-refractivity contribution in [2.24, 2.45) is 0 Å². The zero-order chi connectivity index (χ0) is 25.2. The van der Waals surface area contributed by atoms with Crippen molar-refractivity contribution in [3.8, 4) is 5.75 Å². The molecule has 4 rings (SSSR count). The van der Waals surface area contributed by atoms with Crippen LogP contribution in [0.4, 0.5) is 11.4 Å². The molecule has 0 aromatic heterocycles. The Hall–Kier alpha value is -4.49. The van der Waals surface area contributed by atoms with Crippen molar-refractivity contribution in [2.45, 2.75) is 6.42 Å². The van der Waals surface area contributed by atoms with Crippen LogP contribution in [0, 0.1) is 0 Å². The highest BCUT2D eigenvalue weighted by atomic mass is 32.1. The third kappa shape index (κ3) is 7.01. The Morgan fingerprint density at radius 2 is 1.25 bits per heavy atom. The maximum absolute atomic E-state index is 12.8. The summed E-state index contributed by atoms with van der Waals surface area (Å²) in [7, 11) is 0. The molecule has 4 aromatic carbocycles. The predicted molar refractivity (Wildman–Crippen MR) is 147 cm³/mol. The largest absolute Gasteiger partial charge is 0.492 e. The summed E-state index contributed by atoms with van der Waals surface area (Å²) in [6.07, 6.45) is 0.735. The van der Waals surface area contributed by atoms with Crippen LogP contribution in [-0.2, 0) is 6.42 Å². The van der Waals surface area contributed by atoms with Gasteiger partial charge in [0.1, 0.15) is 5.75 Å². The molecule has 0 atom stereocenters. The van der Waals surface area contributed by atoms with Gasteiger partial charge in [0.05, 0.1) is 12.2 Å². The molecule has 4 aromatic rings. The highest BCUT2D eigenvalue weighted by molar-refractivity contribution is 7.80. The fourth-order valence-corrected chi connectivity index (χ4v) is 3.68. The van der Waals surface area contributed by atoms with E-state index in [9.17, 15) is 9.59 Å². The monoisotopic (exact) mass is 495 g/mol. The van der Waals surface area contributed by atoms with E-state index in [1.54, 1.807) is 54.6 Å². The van der Waals surface area contributed by atoms with Gasteiger partial charge in [0.2, 0.25) is 0 Å². The lowest BCUT2D eigenvalue weighted by Gasteiger charge is -2.13. The number of nitrogens with one attached hydrogen (secondary N) is 3. The molecule has 36 heavy (non-hydrogen) atoms. The lowest BCUT2D eigenvalue weighted by molar-refractivity contribution is 0.0972. The summed E-state index contributed by atoms with van der Waals surface area (Å²) in [4.78, 5) is 25.1. The number of amides is 2. The number of para-hydroxylation sites is 1. The van der Waals surface area contributed by atoms with Crippen molar-refractivity contribution < 1.29 is 14.3 Å². The first-order valence-electron chi connectivity index (χ1n) is 11.4. The minimum atomic E-state index is -0.366. The lowest BCUT2D eigenvalue weighted by atomic mass is 10.1. The number of thiocarbonyl (C=S) groups is 1. The van der Waals surface area contributed by atoms with Gasteiger partial charge < -0.3 is 15.4 Å². The Kier molecular flexibility index (Phi) is 8.40. The zero-order valence-corrected chi connectivity index (χ0v) is 20.3. The van der Waals surface area contributed by atoms with Crippen LogP contribution in [0.25, 0.3) is 0 Å². The van der Waals surface area contributed by atoms with Gasteiger partial charge in [0.25, 0.3) is 11.8 Å². The quantitative estimate of drug-likeness (QED) is 0.274. The van der Waals surface area contributed by atoms with Gasteiger partial charge in [-0.1, -0.05) is 60.7 Å². The zero-order valence-electron chi connectivity index (χ0n) is 19.4. The second-order valence-electron chi connectivity index (χ2n) is 7.89. The van der Waals surface area contributed by atoms with Gasteiger partial charge in [0, 0.05) is 23.4 Å². The first kappa shape index (κ1) is 24.6. The Labute approximate surface area is 215 Å². The number of carbonyl (C=O) groups is 2. The van der Waals surface area contributed by atoms with Crippen LogP contribution < -0.4 is 20.7 Å². The lowest BCUT2D eigenvalue weighted by Crippen LogP contribution is -2.34. The summed E-state index contributed by atoms with van der Waals surface area (Å²) in [5.74, 6) is -0.0643. The molecule has 0 saturated carbocycles. The third-order valence-corrected chi connectivity index (χ3v) is 5.49. The fourth-order valence-electron chi connectivity index (χ4n) is 3.47. The van der Waals surface area contributed by atoms with Crippen LogP contribution >= 0.6 is 12.2 Å². The number of benzene rings is 4. The van der Waals surface area contributed by atoms with Gasteiger partial charge in [-0.2, -0.15) is 0 Å². The van der Waals surface area contributed by atoms with Crippen molar-refractivity contribution in [1.82, 2.24) is 5.32 Å². The summed E-state index contributed by atoms with van der Waals surface area (Å²) in [5.41, 5.74) is 3.45. The molecule has 0 heterocycles. The van der Waals surface area contributed by atoms with Crippen LogP contribution in [0.1, 0.15) is 26.3 Å².